The first-order valence-electron chi connectivity index (χ1n) is 6.28. The van der Waals surface area contributed by atoms with Crippen molar-refractivity contribution in [3.63, 3.8) is 0 Å². The molecular formula is C14H12FN5O. The first-order valence-corrected chi connectivity index (χ1v) is 6.28. The van der Waals surface area contributed by atoms with Crippen molar-refractivity contribution >= 4 is 5.69 Å². The van der Waals surface area contributed by atoms with Gasteiger partial charge in [0.25, 0.3) is 0 Å². The van der Waals surface area contributed by atoms with Gasteiger partial charge in [-0.3, -0.25) is 0 Å². The van der Waals surface area contributed by atoms with Crippen LogP contribution in [0.3, 0.4) is 0 Å². The van der Waals surface area contributed by atoms with Crippen LogP contribution in [0.25, 0.3) is 5.69 Å². The molecule has 0 saturated carbocycles. The van der Waals surface area contributed by atoms with Gasteiger partial charge in [0.1, 0.15) is 6.33 Å². The normalized spacial score (nSPS) is 10.5. The first-order chi connectivity index (χ1) is 10.2. The molecule has 0 spiro atoms. The molecule has 0 atom stereocenters. The molecule has 6 nitrogen and oxygen atoms in total. The maximum absolute atomic E-state index is 13.3. The highest BCUT2D eigenvalue weighted by Crippen LogP contribution is 2.21. The Hall–Kier alpha value is -2.96. The number of rotatable bonds is 4. The number of hydrogen-bond acceptors (Lipinski definition) is 5. The summed E-state index contributed by atoms with van der Waals surface area (Å²) in [6.07, 6.45) is 1.50. The fourth-order valence-corrected chi connectivity index (χ4v) is 1.95. The van der Waals surface area contributed by atoms with Crippen molar-refractivity contribution in [3.05, 3.63) is 60.2 Å². The molecule has 21 heavy (non-hydrogen) atoms. The summed E-state index contributed by atoms with van der Waals surface area (Å²) in [5.74, 6) is -0.990. The van der Waals surface area contributed by atoms with Gasteiger partial charge >= 0.3 is 0 Å². The Morgan fingerprint density at radius 3 is 2.81 bits per heavy atom. The number of phenols is 1. The van der Waals surface area contributed by atoms with E-state index in [0.717, 1.165) is 16.9 Å². The van der Waals surface area contributed by atoms with Crippen molar-refractivity contribution in [3.8, 4) is 11.4 Å². The van der Waals surface area contributed by atoms with E-state index in [1.807, 2.05) is 24.3 Å². The number of benzene rings is 2. The molecule has 1 aromatic heterocycles. The fraction of sp³-hybridized carbons (Fsp3) is 0.0714. The van der Waals surface area contributed by atoms with E-state index in [1.165, 1.54) is 18.5 Å². The fourth-order valence-electron chi connectivity index (χ4n) is 1.95. The van der Waals surface area contributed by atoms with Crippen LogP contribution >= 0.6 is 0 Å². The summed E-state index contributed by atoms with van der Waals surface area (Å²) < 4.78 is 14.8. The lowest BCUT2D eigenvalue weighted by molar-refractivity contribution is 0.432. The number of aromatic nitrogens is 4. The van der Waals surface area contributed by atoms with Crippen molar-refractivity contribution < 1.29 is 9.50 Å². The minimum absolute atomic E-state index is 0.354. The molecule has 2 N–H and O–H groups in total. The highest BCUT2D eigenvalue weighted by atomic mass is 19.1. The molecule has 0 fully saturated rings. The number of nitrogens with zero attached hydrogens (tertiary/aromatic N) is 4. The zero-order chi connectivity index (χ0) is 14.7. The van der Waals surface area contributed by atoms with Gasteiger partial charge in [-0.15, -0.1) is 5.10 Å². The minimum Gasteiger partial charge on any atom is -0.505 e. The SMILES string of the molecule is Oc1ccc(CNc2ccccc2-n2cnnn2)cc1F. The monoisotopic (exact) mass is 285 g/mol. The Morgan fingerprint density at radius 1 is 1.19 bits per heavy atom. The zero-order valence-electron chi connectivity index (χ0n) is 10.9. The smallest absolute Gasteiger partial charge is 0.165 e. The summed E-state index contributed by atoms with van der Waals surface area (Å²) in [4.78, 5) is 0. The van der Waals surface area contributed by atoms with E-state index in [2.05, 4.69) is 20.8 Å². The van der Waals surface area contributed by atoms with Crippen LogP contribution in [0.1, 0.15) is 5.56 Å². The van der Waals surface area contributed by atoms with E-state index in [-0.39, 0.29) is 5.75 Å². The molecule has 3 rings (SSSR count). The third-order valence-corrected chi connectivity index (χ3v) is 2.99. The van der Waals surface area contributed by atoms with E-state index in [0.29, 0.717) is 6.54 Å². The molecule has 0 bridgehead atoms. The predicted octanol–water partition coefficient (Wildman–Crippen LogP) is 2.12. The molecule has 0 saturated heterocycles. The molecule has 0 unspecified atom stereocenters. The Balaban J connectivity index is 1.81. The largest absolute Gasteiger partial charge is 0.505 e. The molecular weight excluding hydrogens is 273 g/mol. The number of halogens is 1. The molecule has 106 valence electrons. The number of aromatic hydroxyl groups is 1. The molecule has 0 aliphatic rings. The van der Waals surface area contributed by atoms with Crippen LogP contribution in [0.4, 0.5) is 10.1 Å². The van der Waals surface area contributed by atoms with Gasteiger partial charge in [-0.1, -0.05) is 18.2 Å². The minimum atomic E-state index is -0.636. The van der Waals surface area contributed by atoms with Crippen molar-refractivity contribution in [1.82, 2.24) is 20.2 Å². The Kier molecular flexibility index (Phi) is 3.46. The summed E-state index contributed by atoms with van der Waals surface area (Å²) in [6, 6.07) is 11.8. The lowest BCUT2D eigenvalue weighted by Gasteiger charge is -2.11. The van der Waals surface area contributed by atoms with Crippen LogP contribution in [-0.2, 0) is 6.54 Å². The number of para-hydroxylation sites is 2. The van der Waals surface area contributed by atoms with E-state index in [9.17, 15) is 9.50 Å². The highest BCUT2D eigenvalue weighted by Gasteiger charge is 2.06. The number of anilines is 1. The van der Waals surface area contributed by atoms with E-state index < -0.39 is 5.82 Å². The van der Waals surface area contributed by atoms with Gasteiger partial charge in [-0.2, -0.15) is 4.68 Å². The third kappa shape index (κ3) is 2.81. The summed E-state index contributed by atoms with van der Waals surface area (Å²) >= 11 is 0. The number of phenolic OH excluding ortho intramolecular Hbond substituents is 1. The summed E-state index contributed by atoms with van der Waals surface area (Å²) in [7, 11) is 0. The number of tetrazole rings is 1. The molecule has 7 heteroatoms. The molecule has 1 heterocycles. The molecule has 0 radical (unpaired) electrons. The highest BCUT2D eigenvalue weighted by molar-refractivity contribution is 5.60. The Bertz CT molecular complexity index is 745. The standard InChI is InChI=1S/C14H12FN5O/c15-11-7-10(5-6-14(11)21)8-16-12-3-1-2-4-13(12)20-9-17-18-19-20/h1-7,9,16,21H,8H2. The van der Waals surface area contributed by atoms with Crippen molar-refractivity contribution in [2.75, 3.05) is 5.32 Å². The van der Waals surface area contributed by atoms with Gasteiger partial charge in [0, 0.05) is 6.54 Å². The molecule has 0 aliphatic carbocycles. The second-order valence-electron chi connectivity index (χ2n) is 4.41. The predicted molar refractivity (Wildman–Crippen MR) is 74.5 cm³/mol. The quantitative estimate of drug-likeness (QED) is 0.768. The number of nitrogens with one attached hydrogen (secondary N) is 1. The first kappa shape index (κ1) is 13.0. The Labute approximate surface area is 119 Å². The van der Waals surface area contributed by atoms with Crippen molar-refractivity contribution in [2.24, 2.45) is 0 Å². The Morgan fingerprint density at radius 2 is 2.05 bits per heavy atom. The van der Waals surface area contributed by atoms with Crippen LogP contribution < -0.4 is 5.32 Å². The zero-order valence-corrected chi connectivity index (χ0v) is 10.9. The van der Waals surface area contributed by atoms with Gasteiger partial charge in [-0.05, 0) is 40.3 Å². The van der Waals surface area contributed by atoms with Crippen LogP contribution in [0.5, 0.6) is 5.75 Å². The van der Waals surface area contributed by atoms with Crippen LogP contribution in [0.15, 0.2) is 48.8 Å². The van der Waals surface area contributed by atoms with Crippen LogP contribution in [0, 0.1) is 5.82 Å². The van der Waals surface area contributed by atoms with E-state index in [4.69, 9.17) is 0 Å². The summed E-state index contributed by atoms with van der Waals surface area (Å²) in [5, 5.41) is 23.4. The van der Waals surface area contributed by atoms with Crippen molar-refractivity contribution in [2.45, 2.75) is 6.54 Å². The van der Waals surface area contributed by atoms with Gasteiger partial charge in [-0.25, -0.2) is 4.39 Å². The van der Waals surface area contributed by atoms with Gasteiger partial charge < -0.3 is 10.4 Å². The molecule has 2 aromatic carbocycles. The third-order valence-electron chi connectivity index (χ3n) is 2.99. The molecule has 0 amide bonds. The van der Waals surface area contributed by atoms with Gasteiger partial charge in [0.2, 0.25) is 0 Å². The lowest BCUT2D eigenvalue weighted by atomic mass is 10.2. The van der Waals surface area contributed by atoms with E-state index in [1.54, 1.807) is 10.7 Å². The topological polar surface area (TPSA) is 75.9 Å². The summed E-state index contributed by atoms with van der Waals surface area (Å²) in [6.45, 7) is 0.413. The maximum atomic E-state index is 13.3. The molecule has 0 aliphatic heterocycles. The molecule has 3 aromatic rings. The average Bonchev–Trinajstić information content (AvgIpc) is 3.03. The number of hydrogen-bond donors (Lipinski definition) is 2. The second-order valence-corrected chi connectivity index (χ2v) is 4.41. The van der Waals surface area contributed by atoms with E-state index >= 15 is 0 Å². The lowest BCUT2D eigenvalue weighted by Crippen LogP contribution is -2.05. The van der Waals surface area contributed by atoms with Crippen LogP contribution in [-0.4, -0.2) is 25.3 Å². The van der Waals surface area contributed by atoms with Gasteiger partial charge in [0.05, 0.1) is 11.4 Å². The average molecular weight is 285 g/mol. The maximum Gasteiger partial charge on any atom is 0.165 e. The second kappa shape index (κ2) is 5.58. The van der Waals surface area contributed by atoms with Crippen LogP contribution in [0.2, 0.25) is 0 Å². The van der Waals surface area contributed by atoms with Gasteiger partial charge in [0.15, 0.2) is 11.6 Å². The summed E-state index contributed by atoms with van der Waals surface area (Å²) in [5.41, 5.74) is 2.33. The van der Waals surface area contributed by atoms with Crippen molar-refractivity contribution in [1.29, 1.82) is 0 Å².